The number of guanidine groups is 1. The lowest BCUT2D eigenvalue weighted by Crippen LogP contribution is -2.46. The zero-order chi connectivity index (χ0) is 10.4. The van der Waals surface area contributed by atoms with Crippen molar-refractivity contribution >= 4 is 11.9 Å². The Morgan fingerprint density at radius 3 is 2.08 bits per heavy atom. The normalized spacial score (nSPS) is 12.1. The number of hydrogen-bond acceptors (Lipinski definition) is 4. The van der Waals surface area contributed by atoms with E-state index in [1.807, 2.05) is 0 Å². The fraction of sp³-hybridized carbons (Fsp3) is 0.667. The molecule has 7 heteroatoms. The van der Waals surface area contributed by atoms with Gasteiger partial charge in [0.15, 0.2) is 6.04 Å². The molecule has 0 aromatic carbocycles. The highest BCUT2D eigenvalue weighted by molar-refractivity contribution is 5.83. The molecule has 0 unspecified atom stereocenters. The Hall–Kier alpha value is -1.34. The molecule has 0 spiro atoms. The largest absolute Gasteiger partial charge is 0.480 e. The van der Waals surface area contributed by atoms with Gasteiger partial charge in [0.2, 0.25) is 5.96 Å². The average Bonchev–Trinajstić information content (AvgIpc) is 2.05. The molecule has 0 bridgehead atoms. The van der Waals surface area contributed by atoms with Crippen LogP contribution in [0.25, 0.3) is 0 Å². The molecule has 0 aliphatic carbocycles. The van der Waals surface area contributed by atoms with E-state index in [-0.39, 0.29) is 11.9 Å². The molecule has 1 atom stereocenters. The van der Waals surface area contributed by atoms with Crippen molar-refractivity contribution in [3.8, 4) is 0 Å². The van der Waals surface area contributed by atoms with Crippen LogP contribution in [0.3, 0.4) is 0 Å². The highest BCUT2D eigenvalue weighted by Gasteiger charge is 2.20. The highest BCUT2D eigenvalue weighted by atomic mass is 16.4. The van der Waals surface area contributed by atoms with E-state index in [0.29, 0.717) is 0 Å². The van der Waals surface area contributed by atoms with Crippen LogP contribution in [0.5, 0.6) is 0 Å². The molecule has 0 aliphatic rings. The first-order valence-electron chi connectivity index (χ1n) is 3.76. The molecule has 0 rings (SSSR count). The Bertz CT molecular complexity index is 197. The second-order valence-corrected chi connectivity index (χ2v) is 2.79. The van der Waals surface area contributed by atoms with Crippen LogP contribution in [-0.2, 0) is 4.79 Å². The van der Waals surface area contributed by atoms with Gasteiger partial charge in [0.05, 0.1) is 0 Å². The number of aliphatic carboxylic acids is 1. The number of nitrogens with two attached hydrogens (primary N) is 2. The van der Waals surface area contributed by atoms with Crippen molar-refractivity contribution in [3.63, 3.8) is 0 Å². The summed E-state index contributed by atoms with van der Waals surface area (Å²) in [6.07, 6.45) is 0. The summed E-state index contributed by atoms with van der Waals surface area (Å²) >= 11 is 0. The Kier molecular flexibility index (Phi) is 4.78. The fourth-order valence-corrected chi connectivity index (χ4v) is 0.745. The van der Waals surface area contributed by atoms with Crippen LogP contribution < -0.4 is 22.5 Å². The molecule has 0 saturated heterocycles. The first kappa shape index (κ1) is 11.7. The lowest BCUT2D eigenvalue weighted by atomic mass is 10.1. The molecule has 0 saturated carbocycles. The number of carbonyl (C=O) groups is 1. The molecule has 0 radical (unpaired) electrons. The molecule has 7 nitrogen and oxygen atoms in total. The van der Waals surface area contributed by atoms with E-state index < -0.39 is 12.0 Å². The SMILES string of the molecule is CC(C)[C@H](N=C(NN)NN)C(=O)O. The summed E-state index contributed by atoms with van der Waals surface area (Å²) in [5, 5.41) is 8.74. The number of nitrogens with one attached hydrogen (secondary N) is 2. The van der Waals surface area contributed by atoms with Gasteiger partial charge in [-0.25, -0.2) is 21.5 Å². The van der Waals surface area contributed by atoms with E-state index in [2.05, 4.69) is 15.8 Å². The van der Waals surface area contributed by atoms with Crippen molar-refractivity contribution in [3.05, 3.63) is 0 Å². The predicted molar refractivity (Wildman–Crippen MR) is 48.3 cm³/mol. The van der Waals surface area contributed by atoms with E-state index >= 15 is 0 Å². The Balaban J connectivity index is 4.56. The molecule has 76 valence electrons. The van der Waals surface area contributed by atoms with Crippen molar-refractivity contribution < 1.29 is 9.90 Å². The molecule has 7 N–H and O–H groups in total. The average molecular weight is 189 g/mol. The van der Waals surface area contributed by atoms with E-state index in [4.69, 9.17) is 16.8 Å². The van der Waals surface area contributed by atoms with E-state index in [1.54, 1.807) is 13.8 Å². The minimum Gasteiger partial charge on any atom is -0.480 e. The molecule has 0 amide bonds. The predicted octanol–water partition coefficient (Wildman–Crippen LogP) is -1.62. The van der Waals surface area contributed by atoms with Crippen LogP contribution in [0.15, 0.2) is 4.99 Å². The summed E-state index contributed by atoms with van der Waals surface area (Å²) < 4.78 is 0. The number of hydrazine groups is 2. The Morgan fingerprint density at radius 1 is 1.38 bits per heavy atom. The maximum absolute atomic E-state index is 10.7. The summed E-state index contributed by atoms with van der Waals surface area (Å²) in [6.45, 7) is 3.49. The topological polar surface area (TPSA) is 126 Å². The molecule has 0 aromatic heterocycles. The fourth-order valence-electron chi connectivity index (χ4n) is 0.745. The summed E-state index contributed by atoms with van der Waals surface area (Å²) in [7, 11) is 0. The van der Waals surface area contributed by atoms with Gasteiger partial charge in [0.1, 0.15) is 0 Å². The summed E-state index contributed by atoms with van der Waals surface area (Å²) in [6, 6.07) is -0.859. The highest BCUT2D eigenvalue weighted by Crippen LogP contribution is 2.05. The minimum atomic E-state index is -1.02. The first-order valence-corrected chi connectivity index (χ1v) is 3.76. The summed E-state index contributed by atoms with van der Waals surface area (Å²) in [5.74, 6) is 8.93. The van der Waals surface area contributed by atoms with Gasteiger partial charge in [-0.3, -0.25) is 10.9 Å². The van der Waals surface area contributed by atoms with Gasteiger partial charge >= 0.3 is 5.97 Å². The number of rotatable bonds is 3. The van der Waals surface area contributed by atoms with E-state index in [9.17, 15) is 4.79 Å². The third-order valence-electron chi connectivity index (χ3n) is 1.43. The van der Waals surface area contributed by atoms with Crippen LogP contribution in [-0.4, -0.2) is 23.1 Å². The van der Waals surface area contributed by atoms with Crippen LogP contribution in [0.4, 0.5) is 0 Å². The maximum atomic E-state index is 10.7. The number of carboxylic acids is 1. The molecule has 13 heavy (non-hydrogen) atoms. The zero-order valence-corrected chi connectivity index (χ0v) is 7.61. The second-order valence-electron chi connectivity index (χ2n) is 2.79. The van der Waals surface area contributed by atoms with Crippen molar-refractivity contribution in [2.24, 2.45) is 22.6 Å². The van der Waals surface area contributed by atoms with Gasteiger partial charge in [-0.1, -0.05) is 13.8 Å². The lowest BCUT2D eigenvalue weighted by molar-refractivity contribution is -0.139. The van der Waals surface area contributed by atoms with Gasteiger partial charge < -0.3 is 5.11 Å². The Morgan fingerprint density at radius 2 is 1.85 bits per heavy atom. The van der Waals surface area contributed by atoms with Gasteiger partial charge in [0.25, 0.3) is 0 Å². The molecular weight excluding hydrogens is 174 g/mol. The monoisotopic (exact) mass is 189 g/mol. The Labute approximate surface area is 76.1 Å². The van der Waals surface area contributed by atoms with Crippen LogP contribution >= 0.6 is 0 Å². The van der Waals surface area contributed by atoms with Crippen molar-refractivity contribution in [2.45, 2.75) is 19.9 Å². The molecule has 0 aliphatic heterocycles. The summed E-state index contributed by atoms with van der Waals surface area (Å²) in [5.41, 5.74) is 4.28. The number of hydrogen-bond donors (Lipinski definition) is 5. The third-order valence-corrected chi connectivity index (χ3v) is 1.43. The molecule has 0 fully saturated rings. The van der Waals surface area contributed by atoms with E-state index in [0.717, 1.165) is 0 Å². The molecule has 0 aromatic rings. The first-order chi connectivity index (χ1) is 6.02. The third kappa shape index (κ3) is 3.72. The quantitative estimate of drug-likeness (QED) is 0.157. The number of carboxylic acid groups (broad SMARTS) is 1. The van der Waals surface area contributed by atoms with Crippen LogP contribution in [0.2, 0.25) is 0 Å². The van der Waals surface area contributed by atoms with Crippen molar-refractivity contribution in [1.29, 1.82) is 0 Å². The van der Waals surface area contributed by atoms with Crippen molar-refractivity contribution in [1.82, 2.24) is 10.9 Å². The standard InChI is InChI=1S/C6H15N5O2/c1-3(2)4(5(12)13)9-6(10-7)11-8/h3-4H,7-8H2,1-2H3,(H,12,13)(H2,9,10,11)/t4-/m0/s1. The van der Waals surface area contributed by atoms with Gasteiger partial charge in [-0.05, 0) is 5.92 Å². The number of nitrogens with zero attached hydrogens (tertiary/aromatic N) is 1. The van der Waals surface area contributed by atoms with Gasteiger partial charge in [-0.15, -0.1) is 0 Å². The zero-order valence-electron chi connectivity index (χ0n) is 7.61. The van der Waals surface area contributed by atoms with Crippen LogP contribution in [0.1, 0.15) is 13.8 Å². The van der Waals surface area contributed by atoms with Crippen molar-refractivity contribution in [2.75, 3.05) is 0 Å². The minimum absolute atomic E-state index is 0.0427. The molecule has 0 heterocycles. The van der Waals surface area contributed by atoms with Crippen LogP contribution in [0, 0.1) is 5.92 Å². The molecular formula is C6H15N5O2. The van der Waals surface area contributed by atoms with Gasteiger partial charge in [-0.2, -0.15) is 0 Å². The van der Waals surface area contributed by atoms with Gasteiger partial charge in [0, 0.05) is 0 Å². The maximum Gasteiger partial charge on any atom is 0.328 e. The lowest BCUT2D eigenvalue weighted by Gasteiger charge is -2.13. The number of aliphatic imine (C=N–C) groups is 1. The second kappa shape index (κ2) is 5.33. The smallest absolute Gasteiger partial charge is 0.328 e. The summed E-state index contributed by atoms with van der Waals surface area (Å²) in [4.78, 5) is 14.4. The van der Waals surface area contributed by atoms with E-state index in [1.165, 1.54) is 0 Å².